The van der Waals surface area contributed by atoms with Gasteiger partial charge in [0.25, 0.3) is 5.91 Å². The summed E-state index contributed by atoms with van der Waals surface area (Å²) in [6.45, 7) is 3.28. The van der Waals surface area contributed by atoms with Crippen LogP contribution in [-0.4, -0.2) is 62.6 Å². The predicted molar refractivity (Wildman–Crippen MR) is 95.8 cm³/mol. The summed E-state index contributed by atoms with van der Waals surface area (Å²) in [5.41, 5.74) is 1.63. The maximum Gasteiger partial charge on any atom is 0.253 e. The van der Waals surface area contributed by atoms with Gasteiger partial charge in [-0.2, -0.15) is 0 Å². The molecular weight excluding hydrogens is 330 g/mol. The molecule has 2 aliphatic rings. The normalized spacial score (nSPS) is 18.5. The number of aromatic nitrogens is 3. The average Bonchev–Trinajstić information content (AvgIpc) is 3.35. The summed E-state index contributed by atoms with van der Waals surface area (Å²) in [7, 11) is 0. The van der Waals surface area contributed by atoms with E-state index in [9.17, 15) is 9.59 Å². The third-order valence-electron chi connectivity index (χ3n) is 5.38. The Balaban J connectivity index is 1.32. The van der Waals surface area contributed by atoms with Crippen LogP contribution in [0.4, 0.5) is 0 Å². The first-order valence-corrected chi connectivity index (χ1v) is 9.23. The molecule has 2 saturated heterocycles. The number of benzene rings is 1. The highest BCUT2D eigenvalue weighted by Crippen LogP contribution is 2.22. The number of rotatable bonds is 4. The van der Waals surface area contributed by atoms with E-state index in [1.54, 1.807) is 17.2 Å². The Morgan fingerprint density at radius 2 is 1.73 bits per heavy atom. The van der Waals surface area contributed by atoms with E-state index >= 15 is 0 Å². The van der Waals surface area contributed by atoms with E-state index in [2.05, 4.69) is 10.2 Å². The minimum Gasteiger partial charge on any atom is -0.342 e. The fourth-order valence-electron chi connectivity index (χ4n) is 3.82. The molecule has 2 aliphatic heterocycles. The fraction of sp³-hybridized carbons (Fsp3) is 0.474. The zero-order valence-electron chi connectivity index (χ0n) is 14.8. The van der Waals surface area contributed by atoms with Gasteiger partial charge in [0.2, 0.25) is 5.91 Å². The van der Waals surface area contributed by atoms with Crippen molar-refractivity contribution in [2.75, 3.05) is 26.2 Å². The summed E-state index contributed by atoms with van der Waals surface area (Å²) in [4.78, 5) is 28.4. The van der Waals surface area contributed by atoms with Gasteiger partial charge in [0.15, 0.2) is 0 Å². The van der Waals surface area contributed by atoms with Crippen LogP contribution in [0.2, 0.25) is 0 Å². The van der Waals surface area contributed by atoms with E-state index in [1.165, 1.54) is 0 Å². The molecule has 7 heteroatoms. The van der Waals surface area contributed by atoms with Crippen molar-refractivity contribution in [3.05, 3.63) is 42.5 Å². The number of nitrogens with zero attached hydrogens (tertiary/aromatic N) is 5. The van der Waals surface area contributed by atoms with Crippen molar-refractivity contribution < 1.29 is 9.59 Å². The topological polar surface area (TPSA) is 71.3 Å². The molecule has 0 N–H and O–H groups in total. The molecule has 4 rings (SSSR count). The van der Waals surface area contributed by atoms with Crippen LogP contribution >= 0.6 is 0 Å². The molecule has 2 amide bonds. The second-order valence-electron chi connectivity index (χ2n) is 7.09. The van der Waals surface area contributed by atoms with Gasteiger partial charge in [-0.3, -0.25) is 14.2 Å². The van der Waals surface area contributed by atoms with Crippen molar-refractivity contribution >= 4 is 11.8 Å². The highest BCUT2D eigenvalue weighted by Gasteiger charge is 2.28. The van der Waals surface area contributed by atoms with Crippen LogP contribution in [0.15, 0.2) is 36.9 Å². The van der Waals surface area contributed by atoms with Crippen LogP contribution < -0.4 is 0 Å². The minimum atomic E-state index is 0.0796. The van der Waals surface area contributed by atoms with Gasteiger partial charge in [-0.1, -0.05) is 0 Å². The van der Waals surface area contributed by atoms with Gasteiger partial charge >= 0.3 is 0 Å². The van der Waals surface area contributed by atoms with E-state index in [4.69, 9.17) is 0 Å². The van der Waals surface area contributed by atoms with Crippen LogP contribution in [0.5, 0.6) is 0 Å². The van der Waals surface area contributed by atoms with Crippen LogP contribution in [0.1, 0.15) is 36.0 Å². The van der Waals surface area contributed by atoms with Crippen molar-refractivity contribution in [1.29, 1.82) is 0 Å². The van der Waals surface area contributed by atoms with Crippen molar-refractivity contribution in [2.45, 2.75) is 25.7 Å². The third kappa shape index (κ3) is 3.47. The number of likely N-dealkylation sites (tertiary alicyclic amines) is 2. The molecular formula is C19H23N5O2. The lowest BCUT2D eigenvalue weighted by Crippen LogP contribution is -2.41. The summed E-state index contributed by atoms with van der Waals surface area (Å²) in [5.74, 6) is 0.880. The number of hydrogen-bond acceptors (Lipinski definition) is 4. The standard InChI is InChI=1S/C19H23N5O2/c25-18-2-1-9-23(18)12-15-7-10-22(11-8-15)19(26)16-3-5-17(6-4-16)24-13-20-21-14-24/h3-6,13-15H,1-2,7-12H2. The lowest BCUT2D eigenvalue weighted by atomic mass is 9.95. The van der Waals surface area contributed by atoms with Gasteiger partial charge in [-0.05, 0) is 49.4 Å². The molecule has 1 aromatic carbocycles. The first-order valence-electron chi connectivity index (χ1n) is 9.23. The van der Waals surface area contributed by atoms with Crippen LogP contribution in [0.3, 0.4) is 0 Å². The molecule has 0 unspecified atom stereocenters. The molecule has 0 radical (unpaired) electrons. The van der Waals surface area contributed by atoms with Gasteiger partial charge < -0.3 is 9.80 Å². The molecule has 0 saturated carbocycles. The molecule has 26 heavy (non-hydrogen) atoms. The molecule has 0 aliphatic carbocycles. The molecule has 2 aromatic rings. The van der Waals surface area contributed by atoms with Crippen molar-refractivity contribution in [2.24, 2.45) is 5.92 Å². The van der Waals surface area contributed by atoms with Crippen molar-refractivity contribution in [1.82, 2.24) is 24.6 Å². The fourth-order valence-corrected chi connectivity index (χ4v) is 3.82. The largest absolute Gasteiger partial charge is 0.342 e. The highest BCUT2D eigenvalue weighted by atomic mass is 16.2. The van der Waals surface area contributed by atoms with Crippen LogP contribution in [0, 0.1) is 5.92 Å². The molecule has 0 spiro atoms. The minimum absolute atomic E-state index is 0.0796. The van der Waals surface area contributed by atoms with E-state index in [0.29, 0.717) is 17.9 Å². The average molecular weight is 353 g/mol. The molecule has 2 fully saturated rings. The smallest absolute Gasteiger partial charge is 0.253 e. The Hall–Kier alpha value is -2.70. The number of piperidine rings is 1. The lowest BCUT2D eigenvalue weighted by Gasteiger charge is -2.34. The summed E-state index contributed by atoms with van der Waals surface area (Å²) < 4.78 is 1.80. The van der Waals surface area contributed by atoms with E-state index < -0.39 is 0 Å². The Bertz CT molecular complexity index is 764. The summed E-state index contributed by atoms with van der Waals surface area (Å²) in [6, 6.07) is 7.52. The second-order valence-corrected chi connectivity index (χ2v) is 7.09. The van der Waals surface area contributed by atoms with Crippen LogP contribution in [-0.2, 0) is 4.79 Å². The van der Waals surface area contributed by atoms with Crippen molar-refractivity contribution in [3.63, 3.8) is 0 Å². The first kappa shape index (κ1) is 16.8. The number of amides is 2. The molecule has 0 bridgehead atoms. The van der Waals surface area contributed by atoms with Gasteiger partial charge in [0.1, 0.15) is 12.7 Å². The molecule has 7 nitrogen and oxygen atoms in total. The molecule has 0 atom stereocenters. The van der Waals surface area contributed by atoms with Gasteiger partial charge in [-0.25, -0.2) is 0 Å². The van der Waals surface area contributed by atoms with E-state index in [-0.39, 0.29) is 11.8 Å². The Morgan fingerprint density at radius 1 is 1.04 bits per heavy atom. The zero-order valence-corrected chi connectivity index (χ0v) is 14.8. The molecule has 136 valence electrons. The number of hydrogen-bond donors (Lipinski definition) is 0. The molecule has 3 heterocycles. The predicted octanol–water partition coefficient (Wildman–Crippen LogP) is 1.74. The third-order valence-corrected chi connectivity index (χ3v) is 5.38. The maximum absolute atomic E-state index is 12.7. The Labute approximate surface area is 152 Å². The summed E-state index contributed by atoms with van der Waals surface area (Å²) in [6.07, 6.45) is 6.88. The lowest BCUT2D eigenvalue weighted by molar-refractivity contribution is -0.128. The van der Waals surface area contributed by atoms with Gasteiger partial charge in [-0.15, -0.1) is 10.2 Å². The Morgan fingerprint density at radius 3 is 2.35 bits per heavy atom. The monoisotopic (exact) mass is 353 g/mol. The Kier molecular flexibility index (Phi) is 4.69. The van der Waals surface area contributed by atoms with Gasteiger partial charge in [0.05, 0.1) is 0 Å². The number of carbonyl (C=O) groups excluding carboxylic acids is 2. The second kappa shape index (κ2) is 7.27. The van der Waals surface area contributed by atoms with E-state index in [1.807, 2.05) is 34.1 Å². The highest BCUT2D eigenvalue weighted by molar-refractivity contribution is 5.94. The van der Waals surface area contributed by atoms with Gasteiger partial charge in [0, 0.05) is 43.9 Å². The SMILES string of the molecule is O=C1CCCN1CC1CCN(C(=O)c2ccc(-n3cnnc3)cc2)CC1. The quantitative estimate of drug-likeness (QED) is 0.839. The van der Waals surface area contributed by atoms with E-state index in [0.717, 1.165) is 51.1 Å². The number of carbonyl (C=O) groups is 2. The van der Waals surface area contributed by atoms with Crippen molar-refractivity contribution in [3.8, 4) is 5.69 Å². The first-order chi connectivity index (χ1) is 12.7. The summed E-state index contributed by atoms with van der Waals surface area (Å²) >= 11 is 0. The zero-order chi connectivity index (χ0) is 17.9. The molecule has 1 aromatic heterocycles. The summed E-state index contributed by atoms with van der Waals surface area (Å²) in [5, 5.41) is 7.58. The van der Waals surface area contributed by atoms with Crippen LogP contribution in [0.25, 0.3) is 5.69 Å². The maximum atomic E-state index is 12.7.